The van der Waals surface area contributed by atoms with Crippen molar-refractivity contribution < 1.29 is 25.9 Å². The van der Waals surface area contributed by atoms with Crippen LogP contribution in [0.15, 0.2) is 138 Å². The van der Waals surface area contributed by atoms with Gasteiger partial charge in [-0.25, -0.2) is 4.98 Å². The largest absolute Gasteiger partial charge is 0.486 e. The zero-order valence-electron chi connectivity index (χ0n) is 36.2. The molecular weight excluding hydrogens is 917 g/mol. The van der Waals surface area contributed by atoms with Gasteiger partial charge in [-0.3, -0.25) is 4.98 Å². The van der Waals surface area contributed by atoms with Gasteiger partial charge < -0.3 is 14.0 Å². The van der Waals surface area contributed by atoms with E-state index < -0.39 is 14.0 Å². The molecular formula is C52H50IrN4OSi-2. The maximum atomic E-state index is 8.44. The summed E-state index contributed by atoms with van der Waals surface area (Å²) in [6, 6.07) is 50.2. The Hall–Kier alpha value is -5.46. The number of aromatic nitrogens is 4. The molecule has 0 bridgehead atoms. The molecule has 9 rings (SSSR count). The van der Waals surface area contributed by atoms with Gasteiger partial charge in [0.2, 0.25) is 5.71 Å². The normalized spacial score (nSPS) is 12.3. The Kier molecular flexibility index (Phi) is 11.4. The molecule has 299 valence electrons. The first-order chi connectivity index (χ1) is 28.1. The number of nitrogens with zero attached hydrogens (tertiary/aromatic N) is 4. The zero-order chi connectivity index (χ0) is 41.7. The molecule has 7 heteroatoms. The molecule has 0 unspecified atom stereocenters. The predicted molar refractivity (Wildman–Crippen MR) is 245 cm³/mol. The SMILES string of the molecule is Cc1ccc2c(n1)oc1c(-c3nc4ccccc4n3-c3c(-c4ccccc4)cccc3C(C)(C)C)[c-]ccc12.[2H]C(C)(C)c1cc(-c2[c-]cccc2)ncc1[Si](C)(C)C.[Ir]. The number of para-hydroxylation sites is 3. The summed E-state index contributed by atoms with van der Waals surface area (Å²) in [5, 5.41) is 3.28. The van der Waals surface area contributed by atoms with E-state index in [0.717, 1.165) is 78.1 Å². The van der Waals surface area contributed by atoms with E-state index in [1.165, 1.54) is 10.8 Å². The Morgan fingerprint density at radius 3 is 2.24 bits per heavy atom. The molecule has 5 nitrogen and oxygen atoms in total. The summed E-state index contributed by atoms with van der Waals surface area (Å²) in [6.07, 6.45) is 1.98. The van der Waals surface area contributed by atoms with Gasteiger partial charge in [0.25, 0.3) is 0 Å². The smallest absolute Gasteiger partial charge is 0.216 e. The summed E-state index contributed by atoms with van der Waals surface area (Å²) < 4.78 is 17.2. The maximum Gasteiger partial charge on any atom is 0.216 e. The minimum atomic E-state index is -1.50. The van der Waals surface area contributed by atoms with Crippen LogP contribution in [-0.4, -0.2) is 27.6 Å². The van der Waals surface area contributed by atoms with Crippen molar-refractivity contribution >= 4 is 46.4 Å². The molecule has 0 spiro atoms. The maximum absolute atomic E-state index is 8.44. The van der Waals surface area contributed by atoms with Crippen molar-refractivity contribution in [2.24, 2.45) is 0 Å². The summed E-state index contributed by atoms with van der Waals surface area (Å²) in [4.78, 5) is 14.5. The van der Waals surface area contributed by atoms with Crippen LogP contribution in [0.3, 0.4) is 0 Å². The second-order valence-corrected chi connectivity index (χ2v) is 22.3. The first kappa shape index (κ1) is 40.3. The summed E-state index contributed by atoms with van der Waals surface area (Å²) in [7, 11) is -1.50. The van der Waals surface area contributed by atoms with Crippen LogP contribution in [0.5, 0.6) is 0 Å². The third kappa shape index (κ3) is 8.25. The van der Waals surface area contributed by atoms with Crippen LogP contribution in [0.1, 0.15) is 58.7 Å². The number of aryl methyl sites for hydroxylation is 1. The average Bonchev–Trinajstić information content (AvgIpc) is 3.78. The molecule has 9 aromatic rings. The molecule has 0 amide bonds. The molecule has 0 aliphatic carbocycles. The van der Waals surface area contributed by atoms with E-state index in [4.69, 9.17) is 10.8 Å². The number of hydrogen-bond acceptors (Lipinski definition) is 4. The van der Waals surface area contributed by atoms with Gasteiger partial charge in [0.05, 0.1) is 36.2 Å². The summed E-state index contributed by atoms with van der Waals surface area (Å²) in [5.41, 5.74) is 12.6. The summed E-state index contributed by atoms with van der Waals surface area (Å²) in [6.45, 7) is 19.6. The van der Waals surface area contributed by atoms with Crippen LogP contribution in [-0.2, 0) is 25.5 Å². The van der Waals surface area contributed by atoms with Gasteiger partial charge in [-0.2, -0.15) is 0 Å². The molecule has 0 N–H and O–H groups in total. The van der Waals surface area contributed by atoms with E-state index in [1.54, 1.807) is 0 Å². The standard InChI is InChI=1S/C35H28N3O.C17H22NSi.Ir/c1-22-20-21-26-25-15-10-16-27(32(25)39-34(26)36-22)33-37-29-18-8-9-19-30(29)38(33)31-24(23-12-6-5-7-13-23)14-11-17-28(31)35(2,3)4;1-13(2)15-11-16(14-9-7-6-8-10-14)18-12-17(15)19(3,4)5;/h5-15,17-21H,1-4H3;6-9,11-13H,1-5H3;/q2*-1;/i;13D;. The van der Waals surface area contributed by atoms with Crippen molar-refractivity contribution in [3.8, 4) is 39.5 Å². The molecule has 0 fully saturated rings. The molecule has 4 heterocycles. The number of furan rings is 1. The number of benzene rings is 5. The van der Waals surface area contributed by atoms with Gasteiger partial charge in [0.15, 0.2) is 0 Å². The van der Waals surface area contributed by atoms with Crippen LogP contribution >= 0.6 is 0 Å². The Balaban J connectivity index is 0.000000220. The van der Waals surface area contributed by atoms with Crippen molar-refractivity contribution in [2.45, 2.75) is 72.5 Å². The molecule has 0 saturated carbocycles. The first-order valence-electron chi connectivity index (χ1n) is 20.5. The number of hydrogen-bond donors (Lipinski definition) is 0. The minimum absolute atomic E-state index is 0. The van der Waals surface area contributed by atoms with Gasteiger partial charge in [-0.15, -0.1) is 54.1 Å². The van der Waals surface area contributed by atoms with Crippen molar-refractivity contribution in [2.75, 3.05) is 0 Å². The van der Waals surface area contributed by atoms with E-state index in [2.05, 4.69) is 146 Å². The third-order valence-electron chi connectivity index (χ3n) is 10.6. The number of rotatable bonds is 6. The molecule has 0 saturated heterocycles. The second-order valence-electron chi connectivity index (χ2n) is 17.2. The Labute approximate surface area is 364 Å². The van der Waals surface area contributed by atoms with E-state index in [-0.39, 0.29) is 25.5 Å². The molecule has 0 aliphatic rings. The summed E-state index contributed by atoms with van der Waals surface area (Å²) in [5.74, 6) is 0.189. The topological polar surface area (TPSA) is 56.7 Å². The predicted octanol–water partition coefficient (Wildman–Crippen LogP) is 13.3. The van der Waals surface area contributed by atoms with Gasteiger partial charge in [0, 0.05) is 44.3 Å². The van der Waals surface area contributed by atoms with Crippen molar-refractivity contribution in [3.05, 3.63) is 163 Å². The van der Waals surface area contributed by atoms with Gasteiger partial charge in [-0.1, -0.05) is 138 Å². The zero-order valence-corrected chi connectivity index (χ0v) is 38.6. The van der Waals surface area contributed by atoms with E-state index in [9.17, 15) is 0 Å². The Bertz CT molecular complexity index is 2960. The fourth-order valence-corrected chi connectivity index (χ4v) is 9.29. The molecule has 0 atom stereocenters. The van der Waals surface area contributed by atoms with Crippen LogP contribution in [0.2, 0.25) is 19.6 Å². The minimum Gasteiger partial charge on any atom is -0.486 e. The molecule has 59 heavy (non-hydrogen) atoms. The second kappa shape index (κ2) is 16.7. The van der Waals surface area contributed by atoms with Crippen molar-refractivity contribution in [3.63, 3.8) is 0 Å². The molecule has 0 aliphatic heterocycles. The van der Waals surface area contributed by atoms with Crippen LogP contribution in [0, 0.1) is 19.1 Å². The van der Waals surface area contributed by atoms with E-state index in [1.807, 2.05) is 75.5 Å². The van der Waals surface area contributed by atoms with Crippen LogP contribution in [0.25, 0.3) is 72.6 Å². The Morgan fingerprint density at radius 1 is 0.780 bits per heavy atom. The number of fused-ring (bicyclic) bond motifs is 4. The van der Waals surface area contributed by atoms with Crippen LogP contribution in [0.4, 0.5) is 0 Å². The van der Waals surface area contributed by atoms with Gasteiger partial charge in [0.1, 0.15) is 0 Å². The van der Waals surface area contributed by atoms with E-state index >= 15 is 0 Å². The number of imidazole rings is 1. The first-order valence-corrected chi connectivity index (χ1v) is 23.5. The fraction of sp³-hybridized carbons (Fsp3) is 0.212. The number of pyridine rings is 2. The quantitative estimate of drug-likeness (QED) is 0.123. The molecule has 5 aromatic carbocycles. The van der Waals surface area contributed by atoms with Crippen molar-refractivity contribution in [1.29, 1.82) is 0 Å². The Morgan fingerprint density at radius 2 is 1.53 bits per heavy atom. The van der Waals surface area contributed by atoms with Gasteiger partial charge >= 0.3 is 0 Å². The summed E-state index contributed by atoms with van der Waals surface area (Å²) >= 11 is 0. The van der Waals surface area contributed by atoms with Crippen molar-refractivity contribution in [1.82, 2.24) is 19.5 Å². The monoisotopic (exact) mass is 968 g/mol. The fourth-order valence-electron chi connectivity index (χ4n) is 7.71. The van der Waals surface area contributed by atoms with Crippen LogP contribution < -0.4 is 5.19 Å². The van der Waals surface area contributed by atoms with E-state index in [0.29, 0.717) is 5.71 Å². The third-order valence-corrected chi connectivity index (χ3v) is 12.6. The molecule has 1 radical (unpaired) electrons. The molecule has 4 aromatic heterocycles. The average molecular weight is 968 g/mol. The van der Waals surface area contributed by atoms with Gasteiger partial charge in [-0.05, 0) is 64.5 Å².